The van der Waals surface area contributed by atoms with E-state index in [4.69, 9.17) is 5.73 Å². The van der Waals surface area contributed by atoms with Crippen molar-refractivity contribution in [2.24, 2.45) is 5.73 Å². The number of alkyl halides is 3. The molecule has 0 spiro atoms. The van der Waals surface area contributed by atoms with Crippen LogP contribution in [0.15, 0.2) is 5.38 Å². The van der Waals surface area contributed by atoms with E-state index in [0.29, 0.717) is 13.0 Å². The van der Waals surface area contributed by atoms with Crippen molar-refractivity contribution in [2.75, 3.05) is 13.2 Å². The summed E-state index contributed by atoms with van der Waals surface area (Å²) in [5, 5.41) is 2.54. The maximum Gasteiger partial charge on any atom is 0.411 e. The van der Waals surface area contributed by atoms with Crippen LogP contribution in [0.3, 0.4) is 0 Å². The van der Waals surface area contributed by atoms with Crippen molar-refractivity contribution < 1.29 is 17.9 Å². The quantitative estimate of drug-likeness (QED) is 0.797. The summed E-state index contributed by atoms with van der Waals surface area (Å²) < 4.78 is 39.5. The Morgan fingerprint density at radius 3 is 2.73 bits per heavy atom. The molecule has 0 aliphatic heterocycles. The predicted molar refractivity (Wildman–Crippen MR) is 50.6 cm³/mol. The highest BCUT2D eigenvalue weighted by Gasteiger charge is 2.27. The van der Waals surface area contributed by atoms with E-state index in [0.717, 1.165) is 10.7 Å². The third-order valence-electron chi connectivity index (χ3n) is 1.53. The molecule has 86 valence electrons. The summed E-state index contributed by atoms with van der Waals surface area (Å²) in [5.41, 5.74) is 6.09. The molecule has 0 saturated heterocycles. The molecule has 0 fully saturated rings. The van der Waals surface area contributed by atoms with E-state index in [1.165, 1.54) is 11.3 Å². The van der Waals surface area contributed by atoms with Crippen LogP contribution in [-0.2, 0) is 17.7 Å². The van der Waals surface area contributed by atoms with E-state index in [1.54, 1.807) is 5.38 Å². The predicted octanol–water partition coefficient (Wildman–Crippen LogP) is 1.72. The molecule has 3 nitrogen and oxygen atoms in total. The summed E-state index contributed by atoms with van der Waals surface area (Å²) in [6.07, 6.45) is -3.87. The summed E-state index contributed by atoms with van der Waals surface area (Å²) >= 11 is 1.38. The first-order valence-corrected chi connectivity index (χ1v) is 5.17. The molecule has 0 aromatic carbocycles. The average Bonchev–Trinajstić information content (AvgIpc) is 2.59. The van der Waals surface area contributed by atoms with Crippen molar-refractivity contribution in [3.63, 3.8) is 0 Å². The third kappa shape index (κ3) is 5.10. The number of nitrogens with two attached hydrogens (primary N) is 1. The lowest BCUT2D eigenvalue weighted by Gasteiger charge is -2.05. The fourth-order valence-electron chi connectivity index (χ4n) is 0.905. The zero-order chi connectivity index (χ0) is 11.3. The lowest BCUT2D eigenvalue weighted by atomic mass is 10.4. The van der Waals surface area contributed by atoms with Gasteiger partial charge in [0.2, 0.25) is 0 Å². The van der Waals surface area contributed by atoms with Crippen molar-refractivity contribution in [1.29, 1.82) is 0 Å². The molecule has 2 N–H and O–H groups in total. The van der Waals surface area contributed by atoms with E-state index < -0.39 is 12.8 Å². The monoisotopic (exact) mass is 240 g/mol. The van der Waals surface area contributed by atoms with E-state index in [-0.39, 0.29) is 6.61 Å². The molecule has 1 aromatic rings. The molecule has 1 rings (SSSR count). The Balaban J connectivity index is 2.20. The van der Waals surface area contributed by atoms with Gasteiger partial charge in [0.1, 0.15) is 6.61 Å². The summed E-state index contributed by atoms with van der Waals surface area (Å²) in [7, 11) is 0. The smallest absolute Gasteiger partial charge is 0.372 e. The Labute approximate surface area is 89.1 Å². The van der Waals surface area contributed by atoms with Gasteiger partial charge < -0.3 is 10.5 Å². The van der Waals surface area contributed by atoms with Gasteiger partial charge in [0.15, 0.2) is 0 Å². The van der Waals surface area contributed by atoms with Crippen LogP contribution in [0.4, 0.5) is 13.2 Å². The second-order valence-corrected chi connectivity index (χ2v) is 3.80. The molecule has 0 aliphatic rings. The summed E-state index contributed by atoms with van der Waals surface area (Å²) in [6, 6.07) is 0. The topological polar surface area (TPSA) is 48.1 Å². The van der Waals surface area contributed by atoms with Crippen LogP contribution < -0.4 is 5.73 Å². The van der Waals surface area contributed by atoms with Crippen LogP contribution in [0.2, 0.25) is 0 Å². The van der Waals surface area contributed by atoms with Gasteiger partial charge in [-0.05, 0) is 0 Å². The van der Waals surface area contributed by atoms with Gasteiger partial charge in [-0.2, -0.15) is 13.2 Å². The van der Waals surface area contributed by atoms with E-state index >= 15 is 0 Å². The molecule has 0 saturated carbocycles. The van der Waals surface area contributed by atoms with Crippen molar-refractivity contribution >= 4 is 11.3 Å². The Morgan fingerprint density at radius 2 is 2.20 bits per heavy atom. The molecular weight excluding hydrogens is 229 g/mol. The van der Waals surface area contributed by atoms with Gasteiger partial charge in [0.05, 0.1) is 17.3 Å². The molecular formula is C8H11F3N2OS. The molecule has 1 heterocycles. The van der Waals surface area contributed by atoms with Gasteiger partial charge in [-0.15, -0.1) is 11.3 Å². The van der Waals surface area contributed by atoms with Crippen LogP contribution in [0.25, 0.3) is 0 Å². The first-order chi connectivity index (χ1) is 7.01. The second-order valence-electron chi connectivity index (χ2n) is 2.85. The van der Waals surface area contributed by atoms with Crippen LogP contribution in [0.1, 0.15) is 10.7 Å². The maximum absolute atomic E-state index is 11.7. The molecule has 7 heteroatoms. The lowest BCUT2D eigenvalue weighted by molar-refractivity contribution is -0.173. The molecule has 0 atom stereocenters. The Bertz CT molecular complexity index is 300. The molecule has 0 amide bonds. The Morgan fingerprint density at radius 1 is 1.47 bits per heavy atom. The maximum atomic E-state index is 11.7. The van der Waals surface area contributed by atoms with Crippen LogP contribution >= 0.6 is 11.3 Å². The minimum absolute atomic E-state index is 0.0248. The highest BCUT2D eigenvalue weighted by atomic mass is 32.1. The molecule has 0 unspecified atom stereocenters. The standard InChI is InChI=1S/C8H11F3N2OS/c9-8(10,11)5-14-2-1-7-13-6(3-12)4-15-7/h4H,1-3,5,12H2. The van der Waals surface area contributed by atoms with Crippen LogP contribution in [0.5, 0.6) is 0 Å². The number of ether oxygens (including phenoxy) is 1. The van der Waals surface area contributed by atoms with Crippen LogP contribution in [0, 0.1) is 0 Å². The zero-order valence-electron chi connectivity index (χ0n) is 7.88. The molecule has 15 heavy (non-hydrogen) atoms. The Hall–Kier alpha value is -0.660. The van der Waals surface area contributed by atoms with Gasteiger partial charge >= 0.3 is 6.18 Å². The minimum atomic E-state index is -4.26. The van der Waals surface area contributed by atoms with Gasteiger partial charge in [-0.3, -0.25) is 0 Å². The molecule has 0 radical (unpaired) electrons. The van der Waals surface area contributed by atoms with Crippen molar-refractivity contribution in [3.05, 3.63) is 16.1 Å². The number of hydrogen-bond acceptors (Lipinski definition) is 4. The second kappa shape index (κ2) is 5.43. The van der Waals surface area contributed by atoms with Crippen molar-refractivity contribution in [1.82, 2.24) is 4.98 Å². The first kappa shape index (κ1) is 12.4. The summed E-state index contributed by atoms with van der Waals surface area (Å²) in [6.45, 7) is -0.834. The largest absolute Gasteiger partial charge is 0.411 e. The highest BCUT2D eigenvalue weighted by molar-refractivity contribution is 7.09. The summed E-state index contributed by atoms with van der Waals surface area (Å²) in [4.78, 5) is 4.09. The van der Waals surface area contributed by atoms with Gasteiger partial charge in [0, 0.05) is 18.3 Å². The fraction of sp³-hybridized carbons (Fsp3) is 0.625. The summed E-state index contributed by atoms with van der Waals surface area (Å²) in [5.74, 6) is 0. The number of hydrogen-bond donors (Lipinski definition) is 1. The molecule has 0 bridgehead atoms. The van der Waals surface area contributed by atoms with Crippen molar-refractivity contribution in [2.45, 2.75) is 19.1 Å². The van der Waals surface area contributed by atoms with E-state index in [1.807, 2.05) is 0 Å². The van der Waals surface area contributed by atoms with Crippen molar-refractivity contribution in [3.8, 4) is 0 Å². The SMILES string of the molecule is NCc1csc(CCOCC(F)(F)F)n1. The number of aromatic nitrogens is 1. The van der Waals surface area contributed by atoms with Crippen LogP contribution in [-0.4, -0.2) is 24.4 Å². The number of nitrogens with zero attached hydrogens (tertiary/aromatic N) is 1. The highest BCUT2D eigenvalue weighted by Crippen LogP contribution is 2.15. The fourth-order valence-corrected chi connectivity index (χ4v) is 1.70. The van der Waals surface area contributed by atoms with Gasteiger partial charge in [0.25, 0.3) is 0 Å². The molecule has 0 aliphatic carbocycles. The number of thiazole rings is 1. The lowest BCUT2D eigenvalue weighted by Crippen LogP contribution is -2.17. The minimum Gasteiger partial charge on any atom is -0.372 e. The van der Waals surface area contributed by atoms with Gasteiger partial charge in [-0.25, -0.2) is 4.98 Å². The van der Waals surface area contributed by atoms with Gasteiger partial charge in [-0.1, -0.05) is 0 Å². The normalized spacial score (nSPS) is 12.0. The Kier molecular flexibility index (Phi) is 4.49. The third-order valence-corrected chi connectivity index (χ3v) is 2.49. The molecule has 1 aromatic heterocycles. The van der Waals surface area contributed by atoms with E-state index in [2.05, 4.69) is 9.72 Å². The number of rotatable bonds is 5. The number of halogens is 3. The average molecular weight is 240 g/mol. The first-order valence-electron chi connectivity index (χ1n) is 4.29. The zero-order valence-corrected chi connectivity index (χ0v) is 8.70. The van der Waals surface area contributed by atoms with E-state index in [9.17, 15) is 13.2 Å².